The predicted octanol–water partition coefficient (Wildman–Crippen LogP) is 5.43. The fourth-order valence-corrected chi connectivity index (χ4v) is 5.44. The number of aryl methyl sites for hydroxylation is 2. The molecule has 0 radical (unpaired) electrons. The zero-order valence-electron chi connectivity index (χ0n) is 17.3. The molecule has 0 aliphatic heterocycles. The number of aliphatic carboxylic acids is 1. The standard InChI is InChI=1S/C26H24O4/c1-13-5-7-19-17(8-13)11-16-6-4-14(2)9-21(16)24(19)30-26(29)22-18-10-15(3)20(12-18)23(22)25(27)28/h4-11,18,20,22-23H,12H2,1-3H3,(H,27,28). The number of hydrogen-bond donors (Lipinski definition) is 1. The van der Waals surface area contributed by atoms with E-state index in [0.717, 1.165) is 44.7 Å². The van der Waals surface area contributed by atoms with Crippen LogP contribution in [0.25, 0.3) is 21.5 Å². The maximum Gasteiger partial charge on any atom is 0.315 e. The number of fused-ring (bicyclic) bond motifs is 4. The summed E-state index contributed by atoms with van der Waals surface area (Å²) in [5.74, 6) is -2.30. The zero-order chi connectivity index (χ0) is 21.2. The SMILES string of the molecule is CC1=CC2CC1C(C(=O)O)C2C(=O)Oc1c2ccc(C)cc2cc2ccc(C)cc12. The van der Waals surface area contributed by atoms with Crippen LogP contribution in [0.15, 0.2) is 54.1 Å². The van der Waals surface area contributed by atoms with Crippen molar-refractivity contribution < 1.29 is 19.4 Å². The predicted molar refractivity (Wildman–Crippen MR) is 117 cm³/mol. The molecule has 152 valence electrons. The van der Waals surface area contributed by atoms with E-state index in [1.54, 1.807) is 0 Å². The molecular formula is C26H24O4. The summed E-state index contributed by atoms with van der Waals surface area (Å²) in [6.45, 7) is 6.01. The Morgan fingerprint density at radius 2 is 1.63 bits per heavy atom. The molecule has 0 aromatic heterocycles. The molecule has 0 spiro atoms. The topological polar surface area (TPSA) is 63.6 Å². The van der Waals surface area contributed by atoms with Crippen LogP contribution in [0.5, 0.6) is 5.75 Å². The Morgan fingerprint density at radius 3 is 2.40 bits per heavy atom. The molecule has 30 heavy (non-hydrogen) atoms. The van der Waals surface area contributed by atoms with E-state index in [2.05, 4.69) is 18.2 Å². The zero-order valence-corrected chi connectivity index (χ0v) is 17.3. The van der Waals surface area contributed by atoms with Gasteiger partial charge in [-0.2, -0.15) is 0 Å². The van der Waals surface area contributed by atoms with Crippen molar-refractivity contribution in [2.45, 2.75) is 27.2 Å². The van der Waals surface area contributed by atoms with Crippen LogP contribution in [0.2, 0.25) is 0 Å². The highest BCUT2D eigenvalue weighted by Crippen LogP contribution is 2.52. The van der Waals surface area contributed by atoms with E-state index in [0.29, 0.717) is 5.75 Å². The molecule has 4 nitrogen and oxygen atoms in total. The van der Waals surface area contributed by atoms with Gasteiger partial charge in [0.05, 0.1) is 11.8 Å². The van der Waals surface area contributed by atoms with E-state index in [1.807, 2.05) is 51.1 Å². The Kier molecular flexibility index (Phi) is 4.21. The summed E-state index contributed by atoms with van der Waals surface area (Å²) in [6, 6.07) is 14.3. The van der Waals surface area contributed by atoms with Crippen LogP contribution in [0, 0.1) is 37.5 Å². The van der Waals surface area contributed by atoms with Crippen molar-refractivity contribution in [1.29, 1.82) is 0 Å². The lowest BCUT2D eigenvalue weighted by atomic mass is 9.80. The molecule has 3 aromatic carbocycles. The average molecular weight is 400 g/mol. The summed E-state index contributed by atoms with van der Waals surface area (Å²) < 4.78 is 6.06. The number of carbonyl (C=O) groups excluding carboxylic acids is 1. The van der Waals surface area contributed by atoms with Crippen molar-refractivity contribution in [2.24, 2.45) is 23.7 Å². The largest absolute Gasteiger partial charge is 0.481 e. The molecule has 2 bridgehead atoms. The van der Waals surface area contributed by atoms with Gasteiger partial charge in [-0.05, 0) is 61.9 Å². The number of esters is 1. The lowest BCUT2D eigenvalue weighted by molar-refractivity contribution is -0.152. The highest BCUT2D eigenvalue weighted by atomic mass is 16.5. The third-order valence-corrected chi connectivity index (χ3v) is 6.85. The number of rotatable bonds is 3. The van der Waals surface area contributed by atoms with Crippen LogP contribution >= 0.6 is 0 Å². The Hall–Kier alpha value is -3.14. The maximum atomic E-state index is 13.4. The minimum absolute atomic E-state index is 0.0613. The highest BCUT2D eigenvalue weighted by molar-refractivity contribution is 6.07. The van der Waals surface area contributed by atoms with Crippen molar-refractivity contribution in [3.63, 3.8) is 0 Å². The maximum absolute atomic E-state index is 13.4. The van der Waals surface area contributed by atoms with Gasteiger partial charge in [-0.25, -0.2) is 0 Å². The van der Waals surface area contributed by atoms with Crippen LogP contribution in [-0.2, 0) is 9.59 Å². The Morgan fingerprint density at radius 1 is 0.900 bits per heavy atom. The van der Waals surface area contributed by atoms with Gasteiger partial charge in [0.15, 0.2) is 0 Å². The summed E-state index contributed by atoms with van der Waals surface area (Å²) in [6.07, 6.45) is 2.78. The molecule has 4 heteroatoms. The number of allylic oxidation sites excluding steroid dienone is 2. The summed E-state index contributed by atoms with van der Waals surface area (Å²) in [7, 11) is 0. The number of carbonyl (C=O) groups is 2. The van der Waals surface area contributed by atoms with E-state index < -0.39 is 23.8 Å². The van der Waals surface area contributed by atoms with Crippen LogP contribution < -0.4 is 4.74 Å². The summed E-state index contributed by atoms with van der Waals surface area (Å²) >= 11 is 0. The quantitative estimate of drug-likeness (QED) is 0.276. The summed E-state index contributed by atoms with van der Waals surface area (Å²) in [4.78, 5) is 25.3. The van der Waals surface area contributed by atoms with Crippen LogP contribution in [0.4, 0.5) is 0 Å². The second kappa shape index (κ2) is 6.69. The smallest absolute Gasteiger partial charge is 0.315 e. The summed E-state index contributed by atoms with van der Waals surface area (Å²) in [5.41, 5.74) is 3.29. The minimum atomic E-state index is -0.911. The lowest BCUT2D eigenvalue weighted by Gasteiger charge is -2.26. The first kappa shape index (κ1) is 18.9. The first-order chi connectivity index (χ1) is 14.3. The third kappa shape index (κ3) is 2.82. The van der Waals surface area contributed by atoms with Gasteiger partial charge >= 0.3 is 11.9 Å². The number of carboxylic acids is 1. The van der Waals surface area contributed by atoms with Gasteiger partial charge in [-0.15, -0.1) is 0 Å². The van der Waals surface area contributed by atoms with Gasteiger partial charge in [-0.3, -0.25) is 9.59 Å². The molecule has 3 aromatic rings. The number of hydrogen-bond acceptors (Lipinski definition) is 3. The van der Waals surface area contributed by atoms with Crippen molar-refractivity contribution in [3.05, 3.63) is 65.2 Å². The van der Waals surface area contributed by atoms with E-state index in [9.17, 15) is 14.7 Å². The monoisotopic (exact) mass is 400 g/mol. The van der Waals surface area contributed by atoms with Crippen LogP contribution in [-0.4, -0.2) is 17.0 Å². The average Bonchev–Trinajstić information content (AvgIpc) is 3.25. The van der Waals surface area contributed by atoms with Gasteiger partial charge in [-0.1, -0.05) is 53.1 Å². The van der Waals surface area contributed by atoms with E-state index >= 15 is 0 Å². The van der Waals surface area contributed by atoms with Gasteiger partial charge in [0.2, 0.25) is 0 Å². The Balaban J connectivity index is 1.63. The van der Waals surface area contributed by atoms with E-state index in [-0.39, 0.29) is 11.8 Å². The normalized spacial score (nSPS) is 25.0. The van der Waals surface area contributed by atoms with Crippen LogP contribution in [0.3, 0.4) is 0 Å². The van der Waals surface area contributed by atoms with Gasteiger partial charge in [0, 0.05) is 10.8 Å². The van der Waals surface area contributed by atoms with Gasteiger partial charge in [0.1, 0.15) is 5.75 Å². The second-order valence-electron chi connectivity index (χ2n) is 8.88. The molecule has 1 N–H and O–H groups in total. The molecule has 4 unspecified atom stereocenters. The molecule has 2 aliphatic carbocycles. The molecule has 1 saturated carbocycles. The first-order valence-corrected chi connectivity index (χ1v) is 10.4. The number of carboxylic acid groups (broad SMARTS) is 1. The van der Waals surface area contributed by atoms with E-state index in [4.69, 9.17) is 4.74 Å². The van der Waals surface area contributed by atoms with Gasteiger partial charge < -0.3 is 9.84 Å². The molecule has 0 amide bonds. The second-order valence-corrected chi connectivity index (χ2v) is 8.88. The Labute approximate surface area is 175 Å². The fraction of sp³-hybridized carbons (Fsp3) is 0.308. The minimum Gasteiger partial charge on any atom is -0.481 e. The number of ether oxygens (including phenoxy) is 1. The van der Waals surface area contributed by atoms with Crippen molar-refractivity contribution in [3.8, 4) is 5.75 Å². The third-order valence-electron chi connectivity index (χ3n) is 6.85. The Bertz CT molecular complexity index is 1250. The highest BCUT2D eigenvalue weighted by Gasteiger charge is 2.54. The molecule has 0 heterocycles. The fourth-order valence-electron chi connectivity index (χ4n) is 5.44. The molecular weight excluding hydrogens is 376 g/mol. The summed E-state index contributed by atoms with van der Waals surface area (Å²) in [5, 5.41) is 13.6. The van der Waals surface area contributed by atoms with Crippen molar-refractivity contribution in [1.82, 2.24) is 0 Å². The van der Waals surface area contributed by atoms with E-state index in [1.165, 1.54) is 0 Å². The van der Waals surface area contributed by atoms with Crippen molar-refractivity contribution in [2.75, 3.05) is 0 Å². The van der Waals surface area contributed by atoms with Crippen molar-refractivity contribution >= 4 is 33.5 Å². The number of benzene rings is 3. The molecule has 5 rings (SSSR count). The molecule has 0 saturated heterocycles. The first-order valence-electron chi connectivity index (χ1n) is 10.4. The molecule has 1 fully saturated rings. The molecule has 2 aliphatic rings. The molecule has 4 atom stereocenters. The van der Waals surface area contributed by atoms with Gasteiger partial charge in [0.25, 0.3) is 0 Å². The lowest BCUT2D eigenvalue weighted by Crippen LogP contribution is -2.36. The van der Waals surface area contributed by atoms with Crippen LogP contribution in [0.1, 0.15) is 24.5 Å².